The molecule has 1 fully saturated rings. The molecule has 3 rings (SSSR count). The number of likely N-dealkylation sites (tertiary alicyclic amines) is 1. The Morgan fingerprint density at radius 3 is 2.42 bits per heavy atom. The van der Waals surface area contributed by atoms with E-state index in [-0.39, 0.29) is 0 Å². The second kappa shape index (κ2) is 9.58. The fraction of sp³-hybridized carbons (Fsp3) is 0.429. The van der Waals surface area contributed by atoms with Crippen LogP contribution < -0.4 is 5.32 Å². The highest BCUT2D eigenvalue weighted by atomic mass is 16.5. The zero-order chi connectivity index (χ0) is 16.5. The van der Waals surface area contributed by atoms with Gasteiger partial charge in [0.1, 0.15) is 0 Å². The molecule has 1 atom stereocenters. The molecule has 3 heteroatoms. The van der Waals surface area contributed by atoms with Crippen LogP contribution in [0.5, 0.6) is 0 Å². The van der Waals surface area contributed by atoms with Crippen LogP contribution in [0.15, 0.2) is 60.7 Å². The first-order chi connectivity index (χ1) is 11.9. The third kappa shape index (κ3) is 5.75. The lowest BCUT2D eigenvalue weighted by Gasteiger charge is -2.16. The molecule has 1 saturated heterocycles. The Bertz CT molecular complexity index is 573. The van der Waals surface area contributed by atoms with E-state index in [0.29, 0.717) is 6.61 Å². The summed E-state index contributed by atoms with van der Waals surface area (Å²) in [6, 6.07) is 21.1. The Hall–Kier alpha value is -1.68. The predicted octanol–water partition coefficient (Wildman–Crippen LogP) is 3.31. The molecular weight excluding hydrogens is 296 g/mol. The van der Waals surface area contributed by atoms with Gasteiger partial charge in [-0.25, -0.2) is 0 Å². The van der Waals surface area contributed by atoms with E-state index >= 15 is 0 Å². The van der Waals surface area contributed by atoms with E-state index in [1.807, 2.05) is 6.07 Å². The highest BCUT2D eigenvalue weighted by Gasteiger charge is 2.21. The van der Waals surface area contributed by atoms with E-state index < -0.39 is 0 Å². The Morgan fingerprint density at radius 1 is 0.958 bits per heavy atom. The van der Waals surface area contributed by atoms with Gasteiger partial charge in [-0.2, -0.15) is 0 Å². The van der Waals surface area contributed by atoms with Crippen molar-refractivity contribution in [1.82, 2.24) is 10.2 Å². The lowest BCUT2D eigenvalue weighted by molar-refractivity contribution is 0.122. The Morgan fingerprint density at radius 2 is 1.67 bits per heavy atom. The maximum atomic E-state index is 5.71. The summed E-state index contributed by atoms with van der Waals surface area (Å²) in [5.74, 6) is 0.767. The molecule has 1 aliphatic heterocycles. The normalized spacial score (nSPS) is 18.1. The molecule has 2 aromatic rings. The van der Waals surface area contributed by atoms with Crippen LogP contribution in [0.4, 0.5) is 0 Å². The molecular formula is C21H28N2O. The van der Waals surface area contributed by atoms with Crippen LogP contribution in [0.25, 0.3) is 0 Å². The molecule has 3 nitrogen and oxygen atoms in total. The number of hydrogen-bond donors (Lipinski definition) is 1. The lowest BCUT2D eigenvalue weighted by atomic mass is 10.1. The van der Waals surface area contributed by atoms with Gasteiger partial charge in [0.15, 0.2) is 0 Å². The van der Waals surface area contributed by atoms with Crippen LogP contribution in [-0.4, -0.2) is 37.7 Å². The van der Waals surface area contributed by atoms with Gasteiger partial charge in [0.2, 0.25) is 0 Å². The molecule has 0 bridgehead atoms. The molecule has 0 aliphatic carbocycles. The molecule has 128 valence electrons. The third-order valence-electron chi connectivity index (χ3n) is 4.59. The van der Waals surface area contributed by atoms with Crippen molar-refractivity contribution in [2.75, 3.05) is 32.8 Å². The van der Waals surface area contributed by atoms with Gasteiger partial charge < -0.3 is 10.1 Å². The van der Waals surface area contributed by atoms with Gasteiger partial charge in [-0.15, -0.1) is 0 Å². The van der Waals surface area contributed by atoms with Crippen molar-refractivity contribution >= 4 is 0 Å². The quantitative estimate of drug-likeness (QED) is 0.716. The van der Waals surface area contributed by atoms with Crippen LogP contribution >= 0.6 is 0 Å². The number of nitrogens with zero attached hydrogens (tertiary/aromatic N) is 1. The van der Waals surface area contributed by atoms with Gasteiger partial charge in [0, 0.05) is 19.6 Å². The maximum absolute atomic E-state index is 5.71. The van der Waals surface area contributed by atoms with E-state index in [1.165, 1.54) is 30.6 Å². The summed E-state index contributed by atoms with van der Waals surface area (Å²) in [5.41, 5.74) is 2.66. The van der Waals surface area contributed by atoms with E-state index in [4.69, 9.17) is 4.74 Å². The fourth-order valence-electron chi connectivity index (χ4n) is 3.28. The molecule has 24 heavy (non-hydrogen) atoms. The summed E-state index contributed by atoms with van der Waals surface area (Å²) >= 11 is 0. The van der Waals surface area contributed by atoms with Crippen LogP contribution in [0.1, 0.15) is 17.5 Å². The summed E-state index contributed by atoms with van der Waals surface area (Å²) in [7, 11) is 0. The summed E-state index contributed by atoms with van der Waals surface area (Å²) < 4.78 is 5.71. The van der Waals surface area contributed by atoms with Crippen molar-refractivity contribution in [1.29, 1.82) is 0 Å². The third-order valence-corrected chi connectivity index (χ3v) is 4.59. The number of benzene rings is 2. The van der Waals surface area contributed by atoms with Gasteiger partial charge >= 0.3 is 0 Å². The lowest BCUT2D eigenvalue weighted by Crippen LogP contribution is -2.28. The zero-order valence-corrected chi connectivity index (χ0v) is 14.4. The second-order valence-corrected chi connectivity index (χ2v) is 6.62. The van der Waals surface area contributed by atoms with Crippen molar-refractivity contribution in [3.8, 4) is 0 Å². The fourth-order valence-corrected chi connectivity index (χ4v) is 3.28. The molecule has 0 aromatic heterocycles. The minimum absolute atomic E-state index is 0.705. The van der Waals surface area contributed by atoms with Crippen molar-refractivity contribution in [3.63, 3.8) is 0 Å². The topological polar surface area (TPSA) is 24.5 Å². The van der Waals surface area contributed by atoms with E-state index in [9.17, 15) is 0 Å². The maximum Gasteiger partial charge on any atom is 0.0717 e. The van der Waals surface area contributed by atoms with Crippen molar-refractivity contribution < 1.29 is 4.74 Å². The minimum Gasteiger partial charge on any atom is -0.375 e. The summed E-state index contributed by atoms with van der Waals surface area (Å²) in [6.45, 7) is 7.00. The average Bonchev–Trinajstić information content (AvgIpc) is 3.07. The summed E-state index contributed by atoms with van der Waals surface area (Å²) in [6.07, 6.45) is 1.30. The highest BCUT2D eigenvalue weighted by Crippen LogP contribution is 2.17. The molecule has 1 heterocycles. The van der Waals surface area contributed by atoms with Gasteiger partial charge in [-0.1, -0.05) is 60.7 Å². The first kappa shape index (κ1) is 17.2. The molecule has 0 spiro atoms. The summed E-state index contributed by atoms with van der Waals surface area (Å²) in [5, 5.41) is 3.55. The van der Waals surface area contributed by atoms with Gasteiger partial charge in [0.25, 0.3) is 0 Å². The number of rotatable bonds is 9. The van der Waals surface area contributed by atoms with Crippen LogP contribution in [0.3, 0.4) is 0 Å². The van der Waals surface area contributed by atoms with Gasteiger partial charge in [-0.3, -0.25) is 4.90 Å². The molecule has 1 unspecified atom stereocenters. The van der Waals surface area contributed by atoms with Crippen molar-refractivity contribution in [3.05, 3.63) is 71.8 Å². The Balaban J connectivity index is 1.24. The Kier molecular flexibility index (Phi) is 6.84. The first-order valence-corrected chi connectivity index (χ1v) is 8.99. The van der Waals surface area contributed by atoms with Crippen LogP contribution in [0, 0.1) is 5.92 Å². The predicted molar refractivity (Wildman–Crippen MR) is 98.8 cm³/mol. The molecule has 0 amide bonds. The second-order valence-electron chi connectivity index (χ2n) is 6.62. The van der Waals surface area contributed by atoms with E-state index in [0.717, 1.165) is 32.2 Å². The van der Waals surface area contributed by atoms with Crippen LogP contribution in [-0.2, 0) is 17.9 Å². The molecule has 2 aromatic carbocycles. The van der Waals surface area contributed by atoms with Crippen LogP contribution in [0.2, 0.25) is 0 Å². The standard InChI is InChI=1S/C21H28N2O/c1-3-7-19(8-4-1)16-23-13-11-21(17-23)15-22-12-14-24-18-20-9-5-2-6-10-20/h1-10,21-22H,11-18H2. The number of hydrogen-bond acceptors (Lipinski definition) is 3. The molecule has 0 saturated carbocycles. The zero-order valence-electron chi connectivity index (χ0n) is 14.4. The minimum atomic E-state index is 0.705. The molecule has 1 aliphatic rings. The summed E-state index contributed by atoms with van der Waals surface area (Å²) in [4.78, 5) is 2.56. The smallest absolute Gasteiger partial charge is 0.0717 e. The monoisotopic (exact) mass is 324 g/mol. The largest absolute Gasteiger partial charge is 0.375 e. The number of nitrogens with one attached hydrogen (secondary N) is 1. The van der Waals surface area contributed by atoms with Crippen molar-refractivity contribution in [2.24, 2.45) is 5.92 Å². The van der Waals surface area contributed by atoms with Gasteiger partial charge in [0.05, 0.1) is 13.2 Å². The van der Waals surface area contributed by atoms with E-state index in [2.05, 4.69) is 64.8 Å². The first-order valence-electron chi connectivity index (χ1n) is 8.99. The number of ether oxygens (including phenoxy) is 1. The molecule has 0 radical (unpaired) electrons. The van der Waals surface area contributed by atoms with E-state index in [1.54, 1.807) is 0 Å². The van der Waals surface area contributed by atoms with Gasteiger partial charge in [-0.05, 0) is 36.6 Å². The SMILES string of the molecule is c1ccc(COCCNCC2CCN(Cc3ccccc3)C2)cc1. The highest BCUT2D eigenvalue weighted by molar-refractivity contribution is 5.15. The Labute approximate surface area is 145 Å². The average molecular weight is 324 g/mol. The molecule has 1 N–H and O–H groups in total. The van der Waals surface area contributed by atoms with Crippen molar-refractivity contribution in [2.45, 2.75) is 19.6 Å².